The first-order chi connectivity index (χ1) is 8.22. The first-order valence-corrected chi connectivity index (χ1v) is 6.61. The average molecular weight is 256 g/mol. The van der Waals surface area contributed by atoms with Gasteiger partial charge in [-0.25, -0.2) is 0 Å². The van der Waals surface area contributed by atoms with E-state index in [9.17, 15) is 4.79 Å². The summed E-state index contributed by atoms with van der Waals surface area (Å²) in [6, 6.07) is 0.408. The number of alkyl halides is 1. The highest BCUT2D eigenvalue weighted by Crippen LogP contribution is 2.26. The molecule has 1 fully saturated rings. The predicted molar refractivity (Wildman–Crippen MR) is 67.2 cm³/mol. The Balaban J connectivity index is 2.06. The molecule has 0 bridgehead atoms. The molecule has 0 atom stereocenters. The zero-order valence-corrected chi connectivity index (χ0v) is 10.9. The topological polar surface area (TPSA) is 38.1 Å². The van der Waals surface area contributed by atoms with Crippen LogP contribution in [0.25, 0.3) is 0 Å². The van der Waals surface area contributed by atoms with Crippen molar-refractivity contribution in [1.82, 2.24) is 14.7 Å². The number of halogens is 1. The second-order valence-electron chi connectivity index (χ2n) is 4.53. The Kier molecular flexibility index (Phi) is 4.05. The summed E-state index contributed by atoms with van der Waals surface area (Å²) >= 11 is 5.71. The van der Waals surface area contributed by atoms with Crippen LogP contribution >= 0.6 is 11.6 Å². The van der Waals surface area contributed by atoms with E-state index in [0.717, 1.165) is 25.8 Å². The molecule has 4 nitrogen and oxygen atoms in total. The van der Waals surface area contributed by atoms with E-state index in [4.69, 9.17) is 11.6 Å². The zero-order valence-electron chi connectivity index (χ0n) is 10.1. The molecule has 0 N–H and O–H groups in total. The number of hydrogen-bond donors (Lipinski definition) is 0. The quantitative estimate of drug-likeness (QED) is 0.756. The molecule has 1 aliphatic rings. The lowest BCUT2D eigenvalue weighted by Gasteiger charge is -2.37. The number of aromatic nitrogens is 2. The van der Waals surface area contributed by atoms with Gasteiger partial charge in [0.1, 0.15) is 0 Å². The van der Waals surface area contributed by atoms with Gasteiger partial charge in [-0.15, -0.1) is 11.6 Å². The van der Waals surface area contributed by atoms with Crippen molar-refractivity contribution in [3.63, 3.8) is 0 Å². The molecule has 1 heterocycles. The number of hydrogen-bond acceptors (Lipinski definition) is 2. The Morgan fingerprint density at radius 2 is 2.41 bits per heavy atom. The third kappa shape index (κ3) is 2.80. The molecule has 5 heteroatoms. The molecule has 17 heavy (non-hydrogen) atoms. The molecule has 1 amide bonds. The third-order valence-corrected chi connectivity index (χ3v) is 3.53. The highest BCUT2D eigenvalue weighted by Gasteiger charge is 2.29. The maximum absolute atomic E-state index is 12.3. The summed E-state index contributed by atoms with van der Waals surface area (Å²) in [5.41, 5.74) is 0.675. The van der Waals surface area contributed by atoms with E-state index in [1.54, 1.807) is 17.1 Å². The first kappa shape index (κ1) is 12.4. The molecule has 0 radical (unpaired) electrons. The first-order valence-electron chi connectivity index (χ1n) is 6.08. The average Bonchev–Trinajstić information content (AvgIpc) is 2.67. The SMILES string of the molecule is Cn1cc(C(=O)N(CCCCl)C2CCC2)cn1. The van der Waals surface area contributed by atoms with Crippen molar-refractivity contribution in [2.75, 3.05) is 12.4 Å². The van der Waals surface area contributed by atoms with Crippen molar-refractivity contribution in [2.24, 2.45) is 7.05 Å². The lowest BCUT2D eigenvalue weighted by molar-refractivity contribution is 0.0580. The Bertz CT molecular complexity index is 387. The number of carbonyl (C=O) groups is 1. The lowest BCUT2D eigenvalue weighted by atomic mass is 9.91. The third-order valence-electron chi connectivity index (χ3n) is 3.26. The van der Waals surface area contributed by atoms with Gasteiger partial charge in [0.25, 0.3) is 5.91 Å². The predicted octanol–water partition coefficient (Wildman–Crippen LogP) is 2.04. The van der Waals surface area contributed by atoms with Crippen LogP contribution in [0.15, 0.2) is 12.4 Å². The Morgan fingerprint density at radius 3 is 2.88 bits per heavy atom. The summed E-state index contributed by atoms with van der Waals surface area (Å²) in [4.78, 5) is 14.3. The molecular weight excluding hydrogens is 238 g/mol. The Morgan fingerprint density at radius 1 is 1.65 bits per heavy atom. The summed E-state index contributed by atoms with van der Waals surface area (Å²) < 4.78 is 1.66. The summed E-state index contributed by atoms with van der Waals surface area (Å²) in [6.07, 6.45) is 7.72. The van der Waals surface area contributed by atoms with Gasteiger partial charge in [-0.05, 0) is 25.7 Å². The molecule has 94 valence electrons. The van der Waals surface area contributed by atoms with E-state index in [1.807, 2.05) is 11.9 Å². The Labute approximate surface area is 107 Å². The van der Waals surface area contributed by atoms with Crippen molar-refractivity contribution in [3.8, 4) is 0 Å². The summed E-state index contributed by atoms with van der Waals surface area (Å²) in [7, 11) is 1.82. The van der Waals surface area contributed by atoms with Crippen LogP contribution in [-0.4, -0.2) is 39.1 Å². The maximum Gasteiger partial charge on any atom is 0.257 e. The molecule has 1 aromatic rings. The summed E-state index contributed by atoms with van der Waals surface area (Å²) in [6.45, 7) is 0.752. The minimum Gasteiger partial charge on any atom is -0.336 e. The van der Waals surface area contributed by atoms with Crippen LogP contribution in [0.2, 0.25) is 0 Å². The lowest BCUT2D eigenvalue weighted by Crippen LogP contribution is -2.44. The van der Waals surface area contributed by atoms with Crippen LogP contribution in [0.3, 0.4) is 0 Å². The number of rotatable bonds is 5. The summed E-state index contributed by atoms with van der Waals surface area (Å²) in [5, 5.41) is 4.05. The van der Waals surface area contributed by atoms with Crippen LogP contribution < -0.4 is 0 Å². The van der Waals surface area contributed by atoms with Gasteiger partial charge in [0.15, 0.2) is 0 Å². The molecule has 1 saturated carbocycles. The highest BCUT2D eigenvalue weighted by atomic mass is 35.5. The van der Waals surface area contributed by atoms with Crippen molar-refractivity contribution in [1.29, 1.82) is 0 Å². The van der Waals surface area contributed by atoms with Crippen molar-refractivity contribution in [3.05, 3.63) is 18.0 Å². The van der Waals surface area contributed by atoms with E-state index < -0.39 is 0 Å². The second-order valence-corrected chi connectivity index (χ2v) is 4.91. The molecule has 0 saturated heterocycles. The maximum atomic E-state index is 12.3. The monoisotopic (exact) mass is 255 g/mol. The fraction of sp³-hybridized carbons (Fsp3) is 0.667. The molecule has 0 aromatic carbocycles. The van der Waals surface area contributed by atoms with Crippen LogP contribution in [0.5, 0.6) is 0 Å². The smallest absolute Gasteiger partial charge is 0.257 e. The molecule has 0 aliphatic heterocycles. The number of nitrogens with zero attached hydrogens (tertiary/aromatic N) is 3. The van der Waals surface area contributed by atoms with Gasteiger partial charge in [0.05, 0.1) is 11.8 Å². The molecule has 2 rings (SSSR count). The summed E-state index contributed by atoms with van der Waals surface area (Å²) in [5.74, 6) is 0.691. The number of aryl methyl sites for hydroxylation is 1. The molecule has 0 unspecified atom stereocenters. The van der Waals surface area contributed by atoms with Crippen LogP contribution in [0, 0.1) is 0 Å². The van der Waals surface area contributed by atoms with E-state index >= 15 is 0 Å². The van der Waals surface area contributed by atoms with Gasteiger partial charge in [-0.1, -0.05) is 0 Å². The van der Waals surface area contributed by atoms with E-state index in [2.05, 4.69) is 5.10 Å². The second kappa shape index (κ2) is 5.54. The normalized spacial score (nSPS) is 15.6. The molecule has 0 spiro atoms. The molecular formula is C12H18ClN3O. The highest BCUT2D eigenvalue weighted by molar-refractivity contribution is 6.17. The van der Waals surface area contributed by atoms with Gasteiger partial charge < -0.3 is 4.90 Å². The van der Waals surface area contributed by atoms with E-state index in [0.29, 0.717) is 17.5 Å². The molecule has 1 aliphatic carbocycles. The number of amides is 1. The van der Waals surface area contributed by atoms with Crippen molar-refractivity contribution < 1.29 is 4.79 Å². The van der Waals surface area contributed by atoms with Gasteiger partial charge >= 0.3 is 0 Å². The van der Waals surface area contributed by atoms with E-state index in [1.165, 1.54) is 6.42 Å². The fourth-order valence-electron chi connectivity index (χ4n) is 2.08. The van der Waals surface area contributed by atoms with Gasteiger partial charge in [0, 0.05) is 31.7 Å². The van der Waals surface area contributed by atoms with Crippen LogP contribution in [0.4, 0.5) is 0 Å². The van der Waals surface area contributed by atoms with Crippen molar-refractivity contribution in [2.45, 2.75) is 31.7 Å². The van der Waals surface area contributed by atoms with Gasteiger partial charge in [0.2, 0.25) is 0 Å². The minimum absolute atomic E-state index is 0.0907. The number of carbonyl (C=O) groups excluding carboxylic acids is 1. The van der Waals surface area contributed by atoms with Crippen LogP contribution in [0.1, 0.15) is 36.0 Å². The standard InChI is InChI=1S/C12H18ClN3O/c1-15-9-10(8-14-15)12(17)16(7-3-6-13)11-4-2-5-11/h8-9,11H,2-7H2,1H3. The zero-order chi connectivity index (χ0) is 12.3. The van der Waals surface area contributed by atoms with Crippen LogP contribution in [-0.2, 0) is 7.05 Å². The molecule has 1 aromatic heterocycles. The van der Waals surface area contributed by atoms with Crippen molar-refractivity contribution >= 4 is 17.5 Å². The van der Waals surface area contributed by atoms with Gasteiger partial charge in [-0.3, -0.25) is 9.48 Å². The Hall–Kier alpha value is -1.03. The van der Waals surface area contributed by atoms with E-state index in [-0.39, 0.29) is 5.91 Å². The largest absolute Gasteiger partial charge is 0.336 e. The van der Waals surface area contributed by atoms with Gasteiger partial charge in [-0.2, -0.15) is 5.10 Å². The fourth-order valence-corrected chi connectivity index (χ4v) is 2.20. The minimum atomic E-state index is 0.0907.